The van der Waals surface area contributed by atoms with Crippen molar-refractivity contribution in [2.45, 2.75) is 12.7 Å². The van der Waals surface area contributed by atoms with Gasteiger partial charge in [-0.25, -0.2) is 0 Å². The summed E-state index contributed by atoms with van der Waals surface area (Å²) in [6, 6.07) is 15.9. The average molecular weight is 355 g/mol. The van der Waals surface area contributed by atoms with Gasteiger partial charge in [-0.05, 0) is 42.4 Å². The van der Waals surface area contributed by atoms with Crippen molar-refractivity contribution in [2.75, 3.05) is 13.6 Å². The zero-order chi connectivity index (χ0) is 14.4. The van der Waals surface area contributed by atoms with Gasteiger partial charge in [-0.3, -0.25) is 0 Å². The van der Waals surface area contributed by atoms with Crippen LogP contribution in [-0.4, -0.2) is 13.6 Å². The van der Waals surface area contributed by atoms with Crippen LogP contribution >= 0.6 is 27.5 Å². The Morgan fingerprint density at radius 2 is 1.95 bits per heavy atom. The minimum atomic E-state index is 0.0215. The highest BCUT2D eigenvalue weighted by molar-refractivity contribution is 9.10. The summed E-state index contributed by atoms with van der Waals surface area (Å²) in [4.78, 5) is 0. The van der Waals surface area contributed by atoms with Crippen LogP contribution in [0.5, 0.6) is 0 Å². The maximum atomic E-state index is 6.02. The van der Waals surface area contributed by atoms with E-state index in [0.29, 0.717) is 6.61 Å². The summed E-state index contributed by atoms with van der Waals surface area (Å²) in [6.07, 6.45) is 0.0215. The Kier molecular flexibility index (Phi) is 6.05. The Morgan fingerprint density at radius 3 is 2.60 bits per heavy atom. The van der Waals surface area contributed by atoms with E-state index in [1.807, 2.05) is 43.4 Å². The molecule has 1 unspecified atom stereocenters. The molecule has 0 spiro atoms. The van der Waals surface area contributed by atoms with Gasteiger partial charge in [0.2, 0.25) is 0 Å². The minimum Gasteiger partial charge on any atom is -0.368 e. The molecule has 2 nitrogen and oxygen atoms in total. The maximum absolute atomic E-state index is 6.02. The van der Waals surface area contributed by atoms with Gasteiger partial charge in [-0.15, -0.1) is 0 Å². The molecule has 0 saturated heterocycles. The van der Waals surface area contributed by atoms with Crippen LogP contribution in [0.25, 0.3) is 0 Å². The minimum absolute atomic E-state index is 0.0215. The largest absolute Gasteiger partial charge is 0.368 e. The predicted octanol–water partition coefficient (Wildman–Crippen LogP) is 4.58. The molecule has 106 valence electrons. The zero-order valence-electron chi connectivity index (χ0n) is 11.3. The van der Waals surface area contributed by atoms with E-state index < -0.39 is 0 Å². The molecule has 0 saturated carbocycles. The molecule has 0 fully saturated rings. The molecule has 2 aromatic carbocycles. The molecule has 0 aromatic heterocycles. The van der Waals surface area contributed by atoms with E-state index in [1.54, 1.807) is 0 Å². The molecule has 0 bridgehead atoms. The monoisotopic (exact) mass is 353 g/mol. The molecule has 0 aliphatic rings. The van der Waals surface area contributed by atoms with Crippen molar-refractivity contribution in [1.82, 2.24) is 5.32 Å². The lowest BCUT2D eigenvalue weighted by Gasteiger charge is -2.18. The molecule has 4 heteroatoms. The summed E-state index contributed by atoms with van der Waals surface area (Å²) >= 11 is 9.38. The maximum Gasteiger partial charge on any atom is 0.0954 e. The number of ether oxygens (including phenoxy) is 1. The highest BCUT2D eigenvalue weighted by atomic mass is 79.9. The Labute approximate surface area is 133 Å². The highest BCUT2D eigenvalue weighted by Gasteiger charge is 2.11. The fourth-order valence-corrected chi connectivity index (χ4v) is 2.49. The first-order valence-corrected chi connectivity index (χ1v) is 7.62. The van der Waals surface area contributed by atoms with Crippen LogP contribution in [0.1, 0.15) is 17.2 Å². The van der Waals surface area contributed by atoms with Crippen molar-refractivity contribution in [2.24, 2.45) is 0 Å². The quantitative estimate of drug-likeness (QED) is 0.820. The SMILES string of the molecule is CNCC(OCc1ccc(Cl)cc1)c1cccc(Br)c1. The van der Waals surface area contributed by atoms with E-state index >= 15 is 0 Å². The van der Waals surface area contributed by atoms with Crippen LogP contribution in [0.3, 0.4) is 0 Å². The van der Waals surface area contributed by atoms with Gasteiger partial charge in [0.15, 0.2) is 0 Å². The van der Waals surface area contributed by atoms with Crippen molar-refractivity contribution in [3.05, 3.63) is 69.2 Å². The molecule has 0 aliphatic heterocycles. The number of rotatable bonds is 6. The lowest BCUT2D eigenvalue weighted by molar-refractivity contribution is 0.0410. The van der Waals surface area contributed by atoms with E-state index in [-0.39, 0.29) is 6.10 Å². The van der Waals surface area contributed by atoms with E-state index in [4.69, 9.17) is 16.3 Å². The molecule has 2 rings (SSSR count). The fourth-order valence-electron chi connectivity index (χ4n) is 1.94. The first kappa shape index (κ1) is 15.5. The lowest BCUT2D eigenvalue weighted by Crippen LogP contribution is -2.19. The van der Waals surface area contributed by atoms with Gasteiger partial charge in [-0.2, -0.15) is 0 Å². The first-order valence-electron chi connectivity index (χ1n) is 6.45. The number of hydrogen-bond donors (Lipinski definition) is 1. The van der Waals surface area contributed by atoms with Gasteiger partial charge in [0, 0.05) is 16.0 Å². The molecular formula is C16H17BrClNO. The highest BCUT2D eigenvalue weighted by Crippen LogP contribution is 2.22. The second-order valence-corrected chi connectivity index (χ2v) is 5.89. The molecular weight excluding hydrogens is 338 g/mol. The molecule has 20 heavy (non-hydrogen) atoms. The second kappa shape index (κ2) is 7.79. The summed E-state index contributed by atoms with van der Waals surface area (Å²) in [7, 11) is 1.93. The van der Waals surface area contributed by atoms with Crippen LogP contribution in [0.2, 0.25) is 5.02 Å². The summed E-state index contributed by atoms with van der Waals surface area (Å²) in [5, 5.41) is 3.91. The second-order valence-electron chi connectivity index (χ2n) is 4.54. The lowest BCUT2D eigenvalue weighted by atomic mass is 10.1. The molecule has 0 amide bonds. The van der Waals surface area contributed by atoms with Gasteiger partial charge >= 0.3 is 0 Å². The van der Waals surface area contributed by atoms with Crippen LogP contribution in [-0.2, 0) is 11.3 Å². The molecule has 0 aliphatic carbocycles. The number of nitrogens with one attached hydrogen (secondary N) is 1. The molecule has 0 radical (unpaired) electrons. The topological polar surface area (TPSA) is 21.3 Å². The van der Waals surface area contributed by atoms with E-state index in [9.17, 15) is 0 Å². The summed E-state index contributed by atoms with van der Waals surface area (Å²) in [5.74, 6) is 0. The van der Waals surface area contributed by atoms with Crippen LogP contribution < -0.4 is 5.32 Å². The third-order valence-corrected chi connectivity index (χ3v) is 3.72. The summed E-state index contributed by atoms with van der Waals surface area (Å²) in [5.41, 5.74) is 2.27. The van der Waals surface area contributed by atoms with Gasteiger partial charge in [0.25, 0.3) is 0 Å². The number of likely N-dealkylation sites (N-methyl/N-ethyl adjacent to an activating group) is 1. The molecule has 2 aromatic rings. The number of hydrogen-bond acceptors (Lipinski definition) is 2. The van der Waals surface area contributed by atoms with Crippen molar-refractivity contribution in [1.29, 1.82) is 0 Å². The summed E-state index contributed by atoms with van der Waals surface area (Å²) < 4.78 is 7.08. The fraction of sp³-hybridized carbons (Fsp3) is 0.250. The Bertz CT molecular complexity index is 544. The zero-order valence-corrected chi connectivity index (χ0v) is 13.6. The Morgan fingerprint density at radius 1 is 1.20 bits per heavy atom. The Hall–Kier alpha value is -0.870. The van der Waals surface area contributed by atoms with Crippen molar-refractivity contribution >= 4 is 27.5 Å². The van der Waals surface area contributed by atoms with Gasteiger partial charge in [0.1, 0.15) is 0 Å². The first-order chi connectivity index (χ1) is 9.69. The summed E-state index contributed by atoms with van der Waals surface area (Å²) in [6.45, 7) is 1.33. The van der Waals surface area contributed by atoms with Crippen molar-refractivity contribution in [3.63, 3.8) is 0 Å². The molecule has 1 atom stereocenters. The van der Waals surface area contributed by atoms with Crippen molar-refractivity contribution < 1.29 is 4.74 Å². The van der Waals surface area contributed by atoms with E-state index in [1.165, 1.54) is 0 Å². The standard InChI is InChI=1S/C16H17BrClNO/c1-19-10-16(13-3-2-4-14(17)9-13)20-11-12-5-7-15(18)8-6-12/h2-9,16,19H,10-11H2,1H3. The van der Waals surface area contributed by atoms with Gasteiger partial charge in [-0.1, -0.05) is 51.8 Å². The molecule has 0 heterocycles. The third kappa shape index (κ3) is 4.60. The smallest absolute Gasteiger partial charge is 0.0954 e. The van der Waals surface area contributed by atoms with Gasteiger partial charge < -0.3 is 10.1 Å². The van der Waals surface area contributed by atoms with Crippen molar-refractivity contribution in [3.8, 4) is 0 Å². The van der Waals surface area contributed by atoms with Crippen LogP contribution in [0, 0.1) is 0 Å². The average Bonchev–Trinajstić information content (AvgIpc) is 2.45. The number of benzene rings is 2. The van der Waals surface area contributed by atoms with Gasteiger partial charge in [0.05, 0.1) is 12.7 Å². The van der Waals surface area contributed by atoms with Crippen LogP contribution in [0.15, 0.2) is 53.0 Å². The molecule has 1 N–H and O–H groups in total. The Balaban J connectivity index is 2.04. The third-order valence-electron chi connectivity index (χ3n) is 2.97. The number of halogens is 2. The normalized spacial score (nSPS) is 12.3. The van der Waals surface area contributed by atoms with E-state index in [0.717, 1.165) is 27.2 Å². The predicted molar refractivity (Wildman–Crippen MR) is 87.1 cm³/mol. The van der Waals surface area contributed by atoms with E-state index in [2.05, 4.69) is 33.4 Å². The van der Waals surface area contributed by atoms with Crippen LogP contribution in [0.4, 0.5) is 0 Å².